The molecule has 0 aliphatic heterocycles. The van der Waals surface area contributed by atoms with Crippen LogP contribution < -0.4 is 0 Å². The molecule has 0 heterocycles. The SMILES string of the molecule is CC(=O)C(Cc1ccc(C(F)(F)F)cc1C(F)(F)F)C(=O)OC(C)(C)C. The molecule has 0 aliphatic rings. The quantitative estimate of drug-likeness (QED) is 0.425. The number of Topliss-reactive ketones (excluding diaryl/α,β-unsaturated/α-hetero) is 1. The second-order valence-corrected chi connectivity index (χ2v) is 6.77. The third-order valence-corrected chi connectivity index (χ3v) is 3.35. The highest BCUT2D eigenvalue weighted by Gasteiger charge is 2.39. The maximum atomic E-state index is 13.2. The van der Waals surface area contributed by atoms with Crippen LogP contribution in [0.1, 0.15) is 44.4 Å². The zero-order valence-electron chi connectivity index (χ0n) is 14.5. The molecule has 1 aromatic carbocycles. The molecule has 26 heavy (non-hydrogen) atoms. The van der Waals surface area contributed by atoms with E-state index in [0.29, 0.717) is 12.1 Å². The van der Waals surface area contributed by atoms with Gasteiger partial charge in [0.05, 0.1) is 11.1 Å². The van der Waals surface area contributed by atoms with Gasteiger partial charge in [-0.3, -0.25) is 9.59 Å². The number of esters is 1. The average molecular weight is 384 g/mol. The minimum absolute atomic E-state index is 0.0262. The van der Waals surface area contributed by atoms with Gasteiger partial charge in [-0.15, -0.1) is 0 Å². The predicted octanol–water partition coefficient (Wildman–Crippen LogP) is 4.81. The van der Waals surface area contributed by atoms with Crippen LogP contribution in [-0.2, 0) is 33.1 Å². The van der Waals surface area contributed by atoms with E-state index < -0.39 is 58.7 Å². The molecule has 1 unspecified atom stereocenters. The highest BCUT2D eigenvalue weighted by Crippen LogP contribution is 2.38. The Hall–Kier alpha value is -2.06. The normalized spacial score (nSPS) is 14.1. The van der Waals surface area contributed by atoms with Crippen molar-refractivity contribution in [2.24, 2.45) is 5.92 Å². The predicted molar refractivity (Wildman–Crippen MR) is 80.2 cm³/mol. The molecule has 146 valence electrons. The monoisotopic (exact) mass is 384 g/mol. The fourth-order valence-corrected chi connectivity index (χ4v) is 2.18. The van der Waals surface area contributed by atoms with Crippen LogP contribution in [0.25, 0.3) is 0 Å². The third kappa shape index (κ3) is 6.03. The summed E-state index contributed by atoms with van der Waals surface area (Å²) in [6, 6.07) is 1.09. The van der Waals surface area contributed by atoms with E-state index in [1.165, 1.54) is 20.8 Å². The number of carbonyl (C=O) groups is 2. The first-order valence-corrected chi connectivity index (χ1v) is 7.53. The molecule has 0 saturated carbocycles. The number of halogens is 6. The van der Waals surface area contributed by atoms with Crippen LogP contribution in [0.2, 0.25) is 0 Å². The van der Waals surface area contributed by atoms with E-state index in [2.05, 4.69) is 0 Å². The van der Waals surface area contributed by atoms with Gasteiger partial charge in [-0.25, -0.2) is 0 Å². The summed E-state index contributed by atoms with van der Waals surface area (Å²) in [7, 11) is 0. The van der Waals surface area contributed by atoms with E-state index in [0.717, 1.165) is 6.92 Å². The van der Waals surface area contributed by atoms with Crippen molar-refractivity contribution in [1.82, 2.24) is 0 Å². The number of ether oxygens (including phenoxy) is 1. The van der Waals surface area contributed by atoms with Crippen LogP contribution in [0, 0.1) is 5.92 Å². The topological polar surface area (TPSA) is 43.4 Å². The maximum Gasteiger partial charge on any atom is 0.416 e. The molecular formula is C17H18F6O3. The Bertz CT molecular complexity index is 683. The molecule has 0 aliphatic carbocycles. The largest absolute Gasteiger partial charge is 0.459 e. The standard InChI is InChI=1S/C17H18F6O3/c1-9(24)12(14(25)26-15(2,3)4)7-10-5-6-11(16(18,19)20)8-13(10)17(21,22)23/h5-6,8,12H,7H2,1-4H3. The van der Waals surface area contributed by atoms with Crippen LogP contribution in [0.15, 0.2) is 18.2 Å². The summed E-state index contributed by atoms with van der Waals surface area (Å²) < 4.78 is 82.6. The van der Waals surface area contributed by atoms with Crippen LogP contribution in [0.3, 0.4) is 0 Å². The molecule has 1 aromatic rings. The lowest BCUT2D eigenvalue weighted by Gasteiger charge is -2.24. The molecule has 9 heteroatoms. The molecule has 0 N–H and O–H groups in total. The lowest BCUT2D eigenvalue weighted by Crippen LogP contribution is -2.33. The lowest BCUT2D eigenvalue weighted by molar-refractivity contribution is -0.162. The zero-order valence-corrected chi connectivity index (χ0v) is 14.5. The second kappa shape index (κ2) is 7.28. The van der Waals surface area contributed by atoms with Crippen molar-refractivity contribution in [3.8, 4) is 0 Å². The average Bonchev–Trinajstić information content (AvgIpc) is 2.40. The van der Waals surface area contributed by atoms with E-state index in [4.69, 9.17) is 4.74 Å². The van der Waals surface area contributed by atoms with Crippen molar-refractivity contribution in [2.45, 2.75) is 52.1 Å². The minimum atomic E-state index is -5.08. The number of benzene rings is 1. The van der Waals surface area contributed by atoms with E-state index in [-0.39, 0.29) is 6.07 Å². The van der Waals surface area contributed by atoms with Crippen LogP contribution in [0.5, 0.6) is 0 Å². The zero-order chi connectivity index (χ0) is 20.5. The smallest absolute Gasteiger partial charge is 0.416 e. The molecular weight excluding hydrogens is 366 g/mol. The maximum absolute atomic E-state index is 13.2. The van der Waals surface area contributed by atoms with Gasteiger partial charge in [0.25, 0.3) is 0 Å². The highest BCUT2D eigenvalue weighted by molar-refractivity contribution is 5.98. The fraction of sp³-hybridized carbons (Fsp3) is 0.529. The van der Waals surface area contributed by atoms with Gasteiger partial charge in [-0.2, -0.15) is 26.3 Å². The summed E-state index contributed by atoms with van der Waals surface area (Å²) >= 11 is 0. The first kappa shape index (κ1) is 22.0. The Balaban J connectivity index is 3.32. The number of hydrogen-bond acceptors (Lipinski definition) is 3. The number of hydrogen-bond donors (Lipinski definition) is 0. The number of alkyl halides is 6. The van der Waals surface area contributed by atoms with Gasteiger partial charge in [0.15, 0.2) is 0 Å². The third-order valence-electron chi connectivity index (χ3n) is 3.35. The molecule has 1 atom stereocenters. The number of carbonyl (C=O) groups excluding carboxylic acids is 2. The summed E-state index contributed by atoms with van der Waals surface area (Å²) in [5.41, 5.74) is -4.57. The Morgan fingerprint density at radius 3 is 1.92 bits per heavy atom. The van der Waals surface area contributed by atoms with Crippen molar-refractivity contribution in [1.29, 1.82) is 0 Å². The Morgan fingerprint density at radius 2 is 1.54 bits per heavy atom. The summed E-state index contributed by atoms with van der Waals surface area (Å²) in [5, 5.41) is 0. The second-order valence-electron chi connectivity index (χ2n) is 6.77. The first-order valence-electron chi connectivity index (χ1n) is 7.53. The Labute approximate surface area is 146 Å². The molecule has 0 amide bonds. The molecule has 3 nitrogen and oxygen atoms in total. The molecule has 0 aromatic heterocycles. The van der Waals surface area contributed by atoms with Crippen LogP contribution >= 0.6 is 0 Å². The first-order chi connectivity index (χ1) is 11.5. The summed E-state index contributed by atoms with van der Waals surface area (Å²) in [4.78, 5) is 23.8. The van der Waals surface area contributed by atoms with Gasteiger partial charge in [-0.1, -0.05) is 6.07 Å². The van der Waals surface area contributed by atoms with Crippen molar-refractivity contribution >= 4 is 11.8 Å². The van der Waals surface area contributed by atoms with Crippen LogP contribution in [-0.4, -0.2) is 17.4 Å². The molecule has 0 radical (unpaired) electrons. The molecule has 0 bridgehead atoms. The van der Waals surface area contributed by atoms with Crippen LogP contribution in [0.4, 0.5) is 26.3 Å². The molecule has 1 rings (SSSR count). The van der Waals surface area contributed by atoms with Gasteiger partial charge in [0.2, 0.25) is 0 Å². The van der Waals surface area contributed by atoms with E-state index in [9.17, 15) is 35.9 Å². The Kier molecular flexibility index (Phi) is 6.16. The molecule has 0 fully saturated rings. The lowest BCUT2D eigenvalue weighted by atomic mass is 9.91. The number of ketones is 1. The van der Waals surface area contributed by atoms with E-state index >= 15 is 0 Å². The molecule has 0 saturated heterocycles. The summed E-state index contributed by atoms with van der Waals surface area (Å²) in [5.74, 6) is -3.32. The summed E-state index contributed by atoms with van der Waals surface area (Å²) in [6.07, 6.45) is -10.7. The van der Waals surface area contributed by atoms with E-state index in [1.54, 1.807) is 0 Å². The fourth-order valence-electron chi connectivity index (χ4n) is 2.18. The van der Waals surface area contributed by atoms with Gasteiger partial charge >= 0.3 is 18.3 Å². The van der Waals surface area contributed by atoms with Gasteiger partial charge in [0, 0.05) is 0 Å². The van der Waals surface area contributed by atoms with Gasteiger partial charge < -0.3 is 4.74 Å². The summed E-state index contributed by atoms with van der Waals surface area (Å²) in [6.45, 7) is 5.55. The highest BCUT2D eigenvalue weighted by atomic mass is 19.4. The van der Waals surface area contributed by atoms with Crippen molar-refractivity contribution in [2.75, 3.05) is 0 Å². The van der Waals surface area contributed by atoms with Crippen molar-refractivity contribution in [3.05, 3.63) is 34.9 Å². The van der Waals surface area contributed by atoms with Crippen molar-refractivity contribution < 1.29 is 40.7 Å². The Morgan fingerprint density at radius 1 is 1.00 bits per heavy atom. The molecule has 0 spiro atoms. The van der Waals surface area contributed by atoms with Gasteiger partial charge in [0.1, 0.15) is 17.3 Å². The number of rotatable bonds is 4. The van der Waals surface area contributed by atoms with Crippen molar-refractivity contribution in [3.63, 3.8) is 0 Å². The van der Waals surface area contributed by atoms with E-state index in [1.807, 2.05) is 0 Å². The van der Waals surface area contributed by atoms with Gasteiger partial charge in [-0.05, 0) is 51.8 Å². The minimum Gasteiger partial charge on any atom is -0.459 e.